The van der Waals surface area contributed by atoms with E-state index in [-0.39, 0.29) is 60.2 Å². The Balaban J connectivity index is 0.985. The van der Waals surface area contributed by atoms with Crippen molar-refractivity contribution < 1.29 is 27.8 Å². The number of ether oxygens (including phenoxy) is 2. The van der Waals surface area contributed by atoms with E-state index >= 15 is 0 Å². The van der Waals surface area contributed by atoms with Gasteiger partial charge in [0.05, 0.1) is 34.9 Å². The zero-order valence-corrected chi connectivity index (χ0v) is 38.1. The van der Waals surface area contributed by atoms with E-state index in [2.05, 4.69) is 45.9 Å². The van der Waals surface area contributed by atoms with Crippen molar-refractivity contribution in [3.05, 3.63) is 105 Å². The average Bonchev–Trinajstić information content (AvgIpc) is 3.59. The number of aromatic nitrogens is 3. The van der Waals surface area contributed by atoms with Gasteiger partial charge in [-0.05, 0) is 117 Å². The van der Waals surface area contributed by atoms with Crippen LogP contribution in [-0.4, -0.2) is 83.4 Å². The standard InChI is InChI=1S/C46H51Cl3N6O6S/c1-45(2)16-15-31(36(25-45)30-7-9-32(47)10-8-30)27-53-19-21-54(22-20-53)33-11-12-35(43(50)56)40(23-33)61-39-6-4-5-38-41(39)42(49)52-55(38)62(58,59)34-24-37(48)44(51-26-34)60-28-29-13-17-46(3,57)18-14-29/h4-12,23-24,26,29,57H,13-22,25,27-28H2,1-3H3,(H2,50,56). The molecule has 8 rings (SSSR count). The maximum absolute atomic E-state index is 14.0. The first kappa shape index (κ1) is 44.2. The number of anilines is 1. The molecule has 16 heteroatoms. The molecule has 3 aromatic carbocycles. The second-order valence-corrected chi connectivity index (χ2v) is 20.8. The Bertz CT molecular complexity index is 2630. The van der Waals surface area contributed by atoms with Crippen LogP contribution in [0.1, 0.15) is 81.6 Å². The SMILES string of the molecule is CC1(C)CCC(CN2CCN(c3ccc(C(N)=O)c(Oc4cccc5c4c(Cl)nn5S(=O)(=O)c4cnc(OCC5CCC(C)(O)CC5)c(Cl)c4)c3)CC2)=C(c2ccc(Cl)cc2)C1. The van der Waals surface area contributed by atoms with Crippen LogP contribution in [0.5, 0.6) is 17.4 Å². The summed E-state index contributed by atoms with van der Waals surface area (Å²) in [5.74, 6) is 0.0344. The molecular weight excluding hydrogens is 871 g/mol. The third kappa shape index (κ3) is 9.58. The van der Waals surface area contributed by atoms with Crippen molar-refractivity contribution in [1.82, 2.24) is 19.1 Å². The largest absolute Gasteiger partial charge is 0.476 e. The molecule has 0 spiro atoms. The highest BCUT2D eigenvalue weighted by molar-refractivity contribution is 7.90. The maximum atomic E-state index is 14.0. The lowest BCUT2D eigenvalue weighted by atomic mass is 9.72. The van der Waals surface area contributed by atoms with Gasteiger partial charge in [0, 0.05) is 49.5 Å². The van der Waals surface area contributed by atoms with Crippen LogP contribution < -0.4 is 20.1 Å². The van der Waals surface area contributed by atoms with Crippen LogP contribution in [0.2, 0.25) is 15.2 Å². The number of hydrogen-bond acceptors (Lipinski definition) is 10. The Morgan fingerprint density at radius 1 is 0.935 bits per heavy atom. The summed E-state index contributed by atoms with van der Waals surface area (Å²) in [7, 11) is -4.36. The Labute approximate surface area is 377 Å². The minimum Gasteiger partial charge on any atom is -0.476 e. The zero-order chi connectivity index (χ0) is 44.0. The molecule has 12 nitrogen and oxygen atoms in total. The molecule has 3 heterocycles. The van der Waals surface area contributed by atoms with Crippen molar-refractivity contribution in [1.29, 1.82) is 0 Å². The van der Waals surface area contributed by atoms with Crippen molar-refractivity contribution in [2.45, 2.75) is 76.2 Å². The number of nitrogens with two attached hydrogens (primary N) is 1. The van der Waals surface area contributed by atoms with E-state index in [0.717, 1.165) is 79.6 Å². The summed E-state index contributed by atoms with van der Waals surface area (Å²) in [6.45, 7) is 11.0. The predicted molar refractivity (Wildman–Crippen MR) is 244 cm³/mol. The number of amides is 1. The first-order chi connectivity index (χ1) is 29.5. The van der Waals surface area contributed by atoms with Gasteiger partial charge >= 0.3 is 0 Å². The molecule has 0 radical (unpaired) electrons. The van der Waals surface area contributed by atoms with E-state index in [1.807, 2.05) is 25.1 Å². The van der Waals surface area contributed by atoms with Crippen LogP contribution in [0.25, 0.3) is 16.5 Å². The third-order valence-corrected chi connectivity index (χ3v) is 14.9. The first-order valence-electron chi connectivity index (χ1n) is 21.0. The Morgan fingerprint density at radius 2 is 1.66 bits per heavy atom. The van der Waals surface area contributed by atoms with E-state index in [1.165, 1.54) is 29.0 Å². The molecule has 328 valence electrons. The number of rotatable bonds is 12. The molecule has 0 bridgehead atoms. The molecule has 2 aliphatic carbocycles. The molecule has 1 aliphatic heterocycles. The summed E-state index contributed by atoms with van der Waals surface area (Å²) in [4.78, 5) is 21.5. The molecule has 2 fully saturated rings. The van der Waals surface area contributed by atoms with E-state index in [9.17, 15) is 18.3 Å². The Hall–Kier alpha value is -4.37. The topological polar surface area (TPSA) is 153 Å². The molecule has 1 saturated carbocycles. The molecule has 5 aromatic rings. The van der Waals surface area contributed by atoms with E-state index in [4.69, 9.17) is 50.0 Å². The van der Waals surface area contributed by atoms with Gasteiger partial charge in [0.2, 0.25) is 5.88 Å². The van der Waals surface area contributed by atoms with Gasteiger partial charge in [-0.3, -0.25) is 9.69 Å². The number of fused-ring (bicyclic) bond motifs is 1. The van der Waals surface area contributed by atoms with Gasteiger partial charge in [0.25, 0.3) is 15.9 Å². The van der Waals surface area contributed by atoms with Crippen molar-refractivity contribution in [2.75, 3.05) is 44.2 Å². The highest BCUT2D eigenvalue weighted by Crippen LogP contribution is 2.44. The smallest absolute Gasteiger partial charge is 0.285 e. The van der Waals surface area contributed by atoms with Crippen LogP contribution >= 0.6 is 34.8 Å². The van der Waals surface area contributed by atoms with Crippen LogP contribution in [-0.2, 0) is 10.0 Å². The molecule has 2 aromatic heterocycles. The lowest BCUT2D eigenvalue weighted by molar-refractivity contribution is 0.00127. The van der Waals surface area contributed by atoms with Crippen molar-refractivity contribution in [3.8, 4) is 17.4 Å². The molecule has 1 saturated heterocycles. The number of hydrogen-bond donors (Lipinski definition) is 2. The van der Waals surface area contributed by atoms with E-state index in [0.29, 0.717) is 19.4 Å². The summed E-state index contributed by atoms with van der Waals surface area (Å²) in [5, 5.41) is 15.3. The Kier molecular flexibility index (Phi) is 12.6. The van der Waals surface area contributed by atoms with Gasteiger partial charge in [0.1, 0.15) is 21.4 Å². The first-order valence-corrected chi connectivity index (χ1v) is 23.5. The van der Waals surface area contributed by atoms with Crippen LogP contribution in [0.3, 0.4) is 0 Å². The minimum absolute atomic E-state index is 0.0229. The fourth-order valence-corrected chi connectivity index (χ4v) is 10.7. The van der Waals surface area contributed by atoms with Crippen LogP contribution in [0, 0.1) is 11.3 Å². The van der Waals surface area contributed by atoms with E-state index < -0.39 is 21.5 Å². The predicted octanol–water partition coefficient (Wildman–Crippen LogP) is 9.63. The number of nitrogens with zero attached hydrogens (tertiary/aromatic N) is 5. The van der Waals surface area contributed by atoms with Gasteiger partial charge in [-0.1, -0.05) is 72.4 Å². The third-order valence-electron chi connectivity index (χ3n) is 12.5. The van der Waals surface area contributed by atoms with Crippen LogP contribution in [0.15, 0.2) is 83.4 Å². The number of halogens is 3. The number of carbonyl (C=O) groups excluding carboxylic acids is 1. The fraction of sp³-hybridized carbons (Fsp3) is 0.413. The quantitative estimate of drug-likeness (QED) is 0.124. The second-order valence-electron chi connectivity index (χ2n) is 17.8. The normalized spacial score (nSPS) is 21.0. The van der Waals surface area contributed by atoms with Gasteiger partial charge in [0.15, 0.2) is 5.15 Å². The summed E-state index contributed by atoms with van der Waals surface area (Å²) in [5.41, 5.74) is 10.7. The monoisotopic (exact) mass is 920 g/mol. The minimum atomic E-state index is -4.36. The highest BCUT2D eigenvalue weighted by atomic mass is 35.5. The summed E-state index contributed by atoms with van der Waals surface area (Å²) >= 11 is 19.4. The second kappa shape index (κ2) is 17.7. The number of carbonyl (C=O) groups is 1. The summed E-state index contributed by atoms with van der Waals surface area (Å²) < 4.78 is 41.2. The van der Waals surface area contributed by atoms with Crippen molar-refractivity contribution >= 4 is 72.9 Å². The lowest BCUT2D eigenvalue weighted by Gasteiger charge is -2.39. The molecule has 0 unspecified atom stereocenters. The van der Waals surface area contributed by atoms with Gasteiger partial charge in [-0.2, -0.15) is 12.5 Å². The summed E-state index contributed by atoms with van der Waals surface area (Å²) in [6, 6.07) is 19.5. The molecule has 0 atom stereocenters. The molecule has 1 amide bonds. The van der Waals surface area contributed by atoms with Crippen molar-refractivity contribution in [2.24, 2.45) is 17.1 Å². The van der Waals surface area contributed by atoms with Gasteiger partial charge in [-0.25, -0.2) is 4.98 Å². The Morgan fingerprint density at radius 3 is 2.35 bits per heavy atom. The molecule has 3 N–H and O–H groups in total. The maximum Gasteiger partial charge on any atom is 0.285 e. The number of pyridine rings is 1. The molecule has 62 heavy (non-hydrogen) atoms. The van der Waals surface area contributed by atoms with Gasteiger partial charge < -0.3 is 25.2 Å². The number of piperazine rings is 1. The van der Waals surface area contributed by atoms with Crippen LogP contribution in [0.4, 0.5) is 5.69 Å². The summed E-state index contributed by atoms with van der Waals surface area (Å²) in [6.07, 6.45) is 7.35. The number of benzene rings is 3. The fourth-order valence-electron chi connectivity index (χ4n) is 8.77. The number of primary amides is 1. The molecule has 3 aliphatic rings. The average molecular weight is 922 g/mol. The number of aliphatic hydroxyl groups is 1. The number of allylic oxidation sites excluding steroid dienone is 1. The highest BCUT2D eigenvalue weighted by Gasteiger charge is 2.32. The lowest BCUT2D eigenvalue weighted by Crippen LogP contribution is -2.47. The van der Waals surface area contributed by atoms with Gasteiger partial charge in [-0.15, -0.1) is 5.10 Å². The zero-order valence-electron chi connectivity index (χ0n) is 35.0. The van der Waals surface area contributed by atoms with Crippen molar-refractivity contribution in [3.63, 3.8) is 0 Å². The van der Waals surface area contributed by atoms with E-state index in [1.54, 1.807) is 30.3 Å². The molecular formula is C46H51Cl3N6O6S.